The summed E-state index contributed by atoms with van der Waals surface area (Å²) in [5.74, 6) is 0.106. The molecule has 2 aromatic heterocycles. The summed E-state index contributed by atoms with van der Waals surface area (Å²) in [7, 11) is 0. The minimum atomic E-state index is -0.927. The first-order valence-corrected chi connectivity index (χ1v) is 7.35. The molecule has 0 atom stereocenters. The van der Waals surface area contributed by atoms with Gasteiger partial charge in [-0.2, -0.15) is 4.98 Å². The molecule has 0 saturated carbocycles. The molecule has 0 unspecified atom stereocenters. The predicted octanol–water partition coefficient (Wildman–Crippen LogP) is 1.97. The van der Waals surface area contributed by atoms with E-state index in [9.17, 15) is 9.59 Å². The lowest BCUT2D eigenvalue weighted by Crippen LogP contribution is -2.38. The minimum absolute atomic E-state index is 0.0665. The molecule has 2 heterocycles. The Hall–Kier alpha value is -2.64. The molecule has 23 heavy (non-hydrogen) atoms. The van der Waals surface area contributed by atoms with Crippen molar-refractivity contribution in [2.45, 2.75) is 39.2 Å². The van der Waals surface area contributed by atoms with Gasteiger partial charge in [0.1, 0.15) is 0 Å². The highest BCUT2D eigenvalue weighted by molar-refractivity contribution is 5.77. The number of nitrogens with zero attached hydrogens (tertiary/aromatic N) is 3. The summed E-state index contributed by atoms with van der Waals surface area (Å²) in [6.07, 6.45) is 1.91. The smallest absolute Gasteiger partial charge is 0.305 e. The zero-order chi connectivity index (χ0) is 16.8. The maximum absolute atomic E-state index is 12.2. The molecule has 0 saturated heterocycles. The first-order chi connectivity index (χ1) is 11.0. The van der Waals surface area contributed by atoms with Crippen molar-refractivity contribution in [2.24, 2.45) is 0 Å². The monoisotopic (exact) mass is 321 g/mol. The van der Waals surface area contributed by atoms with Crippen LogP contribution in [0.5, 0.6) is 0 Å². The summed E-state index contributed by atoms with van der Waals surface area (Å²) in [6.45, 7) is 3.89. The molecule has 0 fully saturated rings. The van der Waals surface area contributed by atoms with E-state index in [0.717, 1.165) is 0 Å². The Morgan fingerprint density at radius 2 is 2.13 bits per heavy atom. The van der Waals surface area contributed by atoms with Gasteiger partial charge in [0.25, 0.3) is 0 Å². The van der Waals surface area contributed by atoms with Gasteiger partial charge in [-0.05, 0) is 26.0 Å². The number of amides is 1. The number of aliphatic carboxylic acids is 1. The third-order valence-electron chi connectivity index (χ3n) is 3.27. The van der Waals surface area contributed by atoms with Crippen molar-refractivity contribution in [3.05, 3.63) is 24.3 Å². The van der Waals surface area contributed by atoms with Crippen LogP contribution in [0.25, 0.3) is 11.6 Å². The SMILES string of the molecule is CC(C)N(CCC(=O)O)C(=O)CCc1nc(-c2ccco2)no1. The second-order valence-electron chi connectivity index (χ2n) is 5.31. The lowest BCUT2D eigenvalue weighted by Gasteiger charge is -2.26. The Balaban J connectivity index is 1.91. The first-order valence-electron chi connectivity index (χ1n) is 7.35. The van der Waals surface area contributed by atoms with Gasteiger partial charge in [0, 0.05) is 25.4 Å². The summed E-state index contributed by atoms with van der Waals surface area (Å²) in [4.78, 5) is 28.6. The molecule has 2 rings (SSSR count). The third-order valence-corrected chi connectivity index (χ3v) is 3.27. The van der Waals surface area contributed by atoms with Crippen molar-refractivity contribution in [3.8, 4) is 11.6 Å². The topological polar surface area (TPSA) is 110 Å². The van der Waals surface area contributed by atoms with Gasteiger partial charge in [-0.3, -0.25) is 9.59 Å². The molecule has 1 amide bonds. The molecule has 2 aromatic rings. The fraction of sp³-hybridized carbons (Fsp3) is 0.467. The number of rotatable bonds is 8. The van der Waals surface area contributed by atoms with E-state index in [4.69, 9.17) is 14.0 Å². The minimum Gasteiger partial charge on any atom is -0.481 e. The van der Waals surface area contributed by atoms with Crippen LogP contribution in [-0.2, 0) is 16.0 Å². The van der Waals surface area contributed by atoms with Gasteiger partial charge in [0.05, 0.1) is 12.7 Å². The van der Waals surface area contributed by atoms with Gasteiger partial charge in [-0.25, -0.2) is 0 Å². The average Bonchev–Trinajstić information content (AvgIpc) is 3.15. The van der Waals surface area contributed by atoms with E-state index in [2.05, 4.69) is 10.1 Å². The molecule has 0 spiro atoms. The maximum Gasteiger partial charge on any atom is 0.305 e. The Morgan fingerprint density at radius 1 is 1.35 bits per heavy atom. The highest BCUT2D eigenvalue weighted by atomic mass is 16.5. The average molecular weight is 321 g/mol. The van der Waals surface area contributed by atoms with E-state index >= 15 is 0 Å². The van der Waals surface area contributed by atoms with Crippen LogP contribution in [0, 0.1) is 0 Å². The molecular weight excluding hydrogens is 302 g/mol. The summed E-state index contributed by atoms with van der Waals surface area (Å²) in [6, 6.07) is 3.37. The number of hydrogen-bond acceptors (Lipinski definition) is 6. The number of furan rings is 1. The third kappa shape index (κ3) is 4.67. The Morgan fingerprint density at radius 3 is 2.74 bits per heavy atom. The number of carboxylic acids is 1. The normalized spacial score (nSPS) is 10.9. The van der Waals surface area contributed by atoms with Gasteiger partial charge in [-0.15, -0.1) is 0 Å². The fourth-order valence-electron chi connectivity index (χ4n) is 2.11. The van der Waals surface area contributed by atoms with Crippen molar-refractivity contribution in [1.29, 1.82) is 0 Å². The fourth-order valence-corrected chi connectivity index (χ4v) is 2.11. The van der Waals surface area contributed by atoms with Crippen LogP contribution in [0.15, 0.2) is 27.3 Å². The van der Waals surface area contributed by atoms with Gasteiger partial charge in [0.2, 0.25) is 17.6 Å². The molecule has 0 bridgehead atoms. The van der Waals surface area contributed by atoms with Crippen LogP contribution >= 0.6 is 0 Å². The lowest BCUT2D eigenvalue weighted by molar-refractivity contribution is -0.139. The van der Waals surface area contributed by atoms with Gasteiger partial charge in [-0.1, -0.05) is 5.16 Å². The van der Waals surface area contributed by atoms with Crippen molar-refractivity contribution >= 4 is 11.9 Å². The number of carbonyl (C=O) groups is 2. The van der Waals surface area contributed by atoms with Crippen LogP contribution in [0.4, 0.5) is 0 Å². The van der Waals surface area contributed by atoms with E-state index in [1.54, 1.807) is 12.1 Å². The predicted molar refractivity (Wildman–Crippen MR) is 79.4 cm³/mol. The van der Waals surface area contributed by atoms with E-state index in [1.807, 2.05) is 13.8 Å². The van der Waals surface area contributed by atoms with Crippen molar-refractivity contribution in [1.82, 2.24) is 15.0 Å². The van der Waals surface area contributed by atoms with Gasteiger partial charge >= 0.3 is 5.97 Å². The second kappa shape index (κ2) is 7.57. The van der Waals surface area contributed by atoms with Gasteiger partial charge in [0.15, 0.2) is 5.76 Å². The molecule has 1 N–H and O–H groups in total. The number of carboxylic acid groups (broad SMARTS) is 1. The summed E-state index contributed by atoms with van der Waals surface area (Å²) in [5.41, 5.74) is 0. The molecule has 8 heteroatoms. The number of carbonyl (C=O) groups excluding carboxylic acids is 1. The standard InChI is InChI=1S/C15H19N3O5/c1-10(2)18(8-7-14(20)21)13(19)6-5-12-16-15(17-23-12)11-4-3-9-22-11/h3-4,9-10H,5-8H2,1-2H3,(H,20,21). The van der Waals surface area contributed by atoms with Crippen LogP contribution < -0.4 is 0 Å². The molecule has 0 aliphatic carbocycles. The quantitative estimate of drug-likeness (QED) is 0.791. The number of hydrogen-bond donors (Lipinski definition) is 1. The molecule has 0 aliphatic heterocycles. The van der Waals surface area contributed by atoms with E-state index < -0.39 is 5.97 Å². The van der Waals surface area contributed by atoms with Crippen molar-refractivity contribution in [2.75, 3.05) is 6.54 Å². The first kappa shape index (κ1) is 16.7. The molecule has 0 aromatic carbocycles. The van der Waals surface area contributed by atoms with E-state index in [0.29, 0.717) is 23.9 Å². The molecule has 0 aliphatic rings. The Kier molecular flexibility index (Phi) is 5.51. The second-order valence-corrected chi connectivity index (χ2v) is 5.31. The molecule has 0 radical (unpaired) electrons. The van der Waals surface area contributed by atoms with Crippen molar-refractivity contribution < 1.29 is 23.6 Å². The van der Waals surface area contributed by atoms with Crippen LogP contribution in [0.1, 0.15) is 32.6 Å². The van der Waals surface area contributed by atoms with Crippen LogP contribution in [-0.4, -0.2) is 44.6 Å². The highest BCUT2D eigenvalue weighted by Gasteiger charge is 2.19. The summed E-state index contributed by atoms with van der Waals surface area (Å²) in [5, 5.41) is 12.5. The number of aryl methyl sites for hydroxylation is 1. The van der Waals surface area contributed by atoms with Crippen LogP contribution in [0.3, 0.4) is 0 Å². The van der Waals surface area contributed by atoms with Gasteiger partial charge < -0.3 is 18.9 Å². The molecular formula is C15H19N3O5. The van der Waals surface area contributed by atoms with E-state index in [-0.39, 0.29) is 31.3 Å². The van der Waals surface area contributed by atoms with Crippen LogP contribution in [0.2, 0.25) is 0 Å². The zero-order valence-electron chi connectivity index (χ0n) is 13.1. The molecule has 8 nitrogen and oxygen atoms in total. The van der Waals surface area contributed by atoms with E-state index in [1.165, 1.54) is 11.2 Å². The Bertz CT molecular complexity index is 648. The maximum atomic E-state index is 12.2. The highest BCUT2D eigenvalue weighted by Crippen LogP contribution is 2.16. The van der Waals surface area contributed by atoms with Crippen molar-refractivity contribution in [3.63, 3.8) is 0 Å². The summed E-state index contributed by atoms with van der Waals surface area (Å²) < 4.78 is 10.3. The number of aromatic nitrogens is 2. The molecule has 124 valence electrons. The lowest BCUT2D eigenvalue weighted by atomic mass is 10.2. The Labute approximate surface area is 133 Å². The zero-order valence-corrected chi connectivity index (χ0v) is 13.1. The largest absolute Gasteiger partial charge is 0.481 e. The summed E-state index contributed by atoms with van der Waals surface area (Å²) >= 11 is 0.